The van der Waals surface area contributed by atoms with Gasteiger partial charge >= 0.3 is 6.01 Å². The zero-order valence-electron chi connectivity index (χ0n) is 16.5. The number of amides is 1. The van der Waals surface area contributed by atoms with Crippen molar-refractivity contribution in [1.29, 1.82) is 0 Å². The molecule has 0 atom stereocenters. The quantitative estimate of drug-likeness (QED) is 0.442. The molecule has 1 amide bonds. The summed E-state index contributed by atoms with van der Waals surface area (Å²) >= 11 is 0. The topological polar surface area (TPSA) is 70.9 Å². The smallest absolute Gasteiger partial charge is 0.301 e. The van der Waals surface area contributed by atoms with Crippen LogP contribution in [0.4, 0.5) is 19.2 Å². The Hall–Kier alpha value is -3.55. The third kappa shape index (κ3) is 3.48. The van der Waals surface area contributed by atoms with Crippen LogP contribution in [0.15, 0.2) is 47.0 Å². The maximum atomic E-state index is 14.4. The van der Waals surface area contributed by atoms with Crippen LogP contribution in [0.1, 0.15) is 30.1 Å². The molecule has 1 fully saturated rings. The molecule has 0 spiro atoms. The summed E-state index contributed by atoms with van der Waals surface area (Å²) in [6, 6.07) is 8.08. The van der Waals surface area contributed by atoms with Crippen molar-refractivity contribution in [3.63, 3.8) is 0 Å². The van der Waals surface area contributed by atoms with Gasteiger partial charge < -0.3 is 9.40 Å². The summed E-state index contributed by atoms with van der Waals surface area (Å²) in [5.74, 6) is -1.74. The number of carbonyl (C=O) groups excluding carboxylic acids is 1. The molecule has 158 valence electrons. The number of halogens is 3. The van der Waals surface area contributed by atoms with Crippen LogP contribution in [0.2, 0.25) is 0 Å². The van der Waals surface area contributed by atoms with Crippen LogP contribution in [0.3, 0.4) is 0 Å². The maximum absolute atomic E-state index is 14.4. The Morgan fingerprint density at radius 3 is 2.55 bits per heavy atom. The highest BCUT2D eigenvalue weighted by Crippen LogP contribution is 2.48. The molecule has 5 rings (SSSR count). The average Bonchev–Trinajstić information content (AvgIpc) is 3.25. The highest BCUT2D eigenvalue weighted by Gasteiger charge is 2.39. The average molecular weight is 425 g/mol. The molecule has 8 heteroatoms. The Bertz CT molecular complexity index is 1290. The number of aromatic amines is 1. The Balaban J connectivity index is 1.47. The van der Waals surface area contributed by atoms with Crippen molar-refractivity contribution >= 4 is 22.8 Å². The van der Waals surface area contributed by atoms with Crippen molar-refractivity contribution in [3.8, 4) is 11.3 Å². The predicted octanol–water partition coefficient (Wildman–Crippen LogP) is 5.68. The molecule has 1 aliphatic carbocycles. The summed E-state index contributed by atoms with van der Waals surface area (Å²) in [7, 11) is 0. The summed E-state index contributed by atoms with van der Waals surface area (Å²) in [5.41, 5.74) is 2.19. The van der Waals surface area contributed by atoms with Crippen molar-refractivity contribution in [3.05, 3.63) is 71.4 Å². The number of benzene rings is 2. The number of aryl methyl sites for hydroxylation is 1. The third-order valence-corrected chi connectivity index (χ3v) is 5.77. The largest absolute Gasteiger partial charge is 0.429 e. The molecule has 4 aromatic rings. The first-order chi connectivity index (χ1) is 14.9. The van der Waals surface area contributed by atoms with Gasteiger partial charge in [-0.15, -0.1) is 0 Å². The number of anilines is 1. The number of oxazole rings is 1. The molecular formula is C23H18F3N3O2. The molecule has 2 N–H and O–H groups in total. The van der Waals surface area contributed by atoms with E-state index in [9.17, 15) is 18.0 Å². The summed E-state index contributed by atoms with van der Waals surface area (Å²) in [6.07, 6.45) is 2.53. The monoisotopic (exact) mass is 425 g/mol. The van der Waals surface area contributed by atoms with Crippen LogP contribution in [-0.2, 0) is 4.79 Å². The molecule has 0 aliphatic heterocycles. The van der Waals surface area contributed by atoms with Crippen LogP contribution in [0.25, 0.3) is 22.2 Å². The number of carbonyl (C=O) groups is 1. The van der Waals surface area contributed by atoms with E-state index in [0.29, 0.717) is 35.2 Å². The second-order valence-corrected chi connectivity index (χ2v) is 7.86. The minimum Gasteiger partial charge on any atom is -0.429 e. The van der Waals surface area contributed by atoms with E-state index in [1.165, 1.54) is 24.4 Å². The van der Waals surface area contributed by atoms with Crippen LogP contribution >= 0.6 is 0 Å². The van der Waals surface area contributed by atoms with Gasteiger partial charge in [0, 0.05) is 17.4 Å². The molecule has 0 bridgehead atoms. The van der Waals surface area contributed by atoms with E-state index < -0.39 is 11.6 Å². The van der Waals surface area contributed by atoms with E-state index >= 15 is 0 Å². The van der Waals surface area contributed by atoms with Gasteiger partial charge in [0.1, 0.15) is 23.2 Å². The summed E-state index contributed by atoms with van der Waals surface area (Å²) < 4.78 is 47.1. The molecule has 1 saturated carbocycles. The first-order valence-electron chi connectivity index (χ1n) is 9.89. The number of hydrogen-bond donors (Lipinski definition) is 2. The van der Waals surface area contributed by atoms with Crippen molar-refractivity contribution in [1.82, 2.24) is 9.97 Å². The molecule has 2 heterocycles. The summed E-state index contributed by atoms with van der Waals surface area (Å²) in [4.78, 5) is 19.5. The second-order valence-electron chi connectivity index (χ2n) is 7.86. The van der Waals surface area contributed by atoms with Gasteiger partial charge in [-0.1, -0.05) is 0 Å². The van der Waals surface area contributed by atoms with Gasteiger partial charge in [-0.05, 0) is 67.1 Å². The van der Waals surface area contributed by atoms with Crippen LogP contribution in [0.5, 0.6) is 0 Å². The number of H-pyrrole nitrogens is 1. The molecule has 1 aliphatic rings. The lowest BCUT2D eigenvalue weighted by Gasteiger charge is -2.34. The predicted molar refractivity (Wildman–Crippen MR) is 109 cm³/mol. The Kier molecular flexibility index (Phi) is 4.57. The zero-order valence-corrected chi connectivity index (χ0v) is 16.5. The fourth-order valence-electron chi connectivity index (χ4n) is 4.20. The highest BCUT2D eigenvalue weighted by atomic mass is 19.1. The number of nitrogens with zero attached hydrogens (tertiary/aromatic N) is 1. The lowest BCUT2D eigenvalue weighted by Crippen LogP contribution is -2.33. The van der Waals surface area contributed by atoms with E-state index in [-0.39, 0.29) is 35.1 Å². The Morgan fingerprint density at radius 2 is 1.87 bits per heavy atom. The van der Waals surface area contributed by atoms with E-state index in [4.69, 9.17) is 4.42 Å². The Morgan fingerprint density at radius 1 is 1.13 bits per heavy atom. The highest BCUT2D eigenvalue weighted by molar-refractivity contribution is 5.94. The van der Waals surface area contributed by atoms with E-state index in [2.05, 4.69) is 15.3 Å². The fraction of sp³-hybridized carbons (Fsp3) is 0.217. The zero-order chi connectivity index (χ0) is 21.7. The van der Waals surface area contributed by atoms with Crippen molar-refractivity contribution in [2.45, 2.75) is 25.7 Å². The fourth-order valence-corrected chi connectivity index (χ4v) is 4.20. The minimum atomic E-state index is -0.697. The summed E-state index contributed by atoms with van der Waals surface area (Å²) in [5, 5.41) is 3.09. The van der Waals surface area contributed by atoms with Crippen LogP contribution in [-0.4, -0.2) is 15.9 Å². The molecular weight excluding hydrogens is 407 g/mol. The van der Waals surface area contributed by atoms with Crippen LogP contribution < -0.4 is 5.32 Å². The molecule has 0 saturated heterocycles. The molecule has 2 aromatic heterocycles. The van der Waals surface area contributed by atoms with Crippen LogP contribution in [0, 0.1) is 30.3 Å². The lowest BCUT2D eigenvalue weighted by atomic mass is 9.70. The van der Waals surface area contributed by atoms with Gasteiger partial charge in [-0.3, -0.25) is 10.1 Å². The van der Waals surface area contributed by atoms with Gasteiger partial charge in [0.25, 0.3) is 0 Å². The number of hydrogen-bond acceptors (Lipinski definition) is 3. The first kappa shape index (κ1) is 19.4. The maximum Gasteiger partial charge on any atom is 0.301 e. The van der Waals surface area contributed by atoms with E-state index in [0.717, 1.165) is 11.6 Å². The SMILES string of the molecule is Cc1cnc(NC(=O)[C@H]2C[C@H](c3c(-c4ccc(F)cc4)[nH]c4c(F)cc(F)cc43)C2)o1. The van der Waals surface area contributed by atoms with Gasteiger partial charge in [-0.2, -0.15) is 0 Å². The van der Waals surface area contributed by atoms with Crippen molar-refractivity contribution < 1.29 is 22.4 Å². The number of fused-ring (bicyclic) bond motifs is 1. The number of aromatic nitrogens is 2. The lowest BCUT2D eigenvalue weighted by molar-refractivity contribution is -0.122. The Labute approximate surface area is 175 Å². The number of rotatable bonds is 4. The van der Waals surface area contributed by atoms with Gasteiger partial charge in [0.05, 0.1) is 17.4 Å². The first-order valence-corrected chi connectivity index (χ1v) is 9.89. The van der Waals surface area contributed by atoms with E-state index in [1.54, 1.807) is 19.1 Å². The molecule has 31 heavy (non-hydrogen) atoms. The molecule has 5 nitrogen and oxygen atoms in total. The van der Waals surface area contributed by atoms with Gasteiger partial charge in [0.15, 0.2) is 0 Å². The molecule has 2 aromatic carbocycles. The summed E-state index contributed by atoms with van der Waals surface area (Å²) in [6.45, 7) is 1.73. The standard InChI is InChI=1S/C23H18F3N3O2/c1-11-10-27-23(31-11)29-22(30)14-6-13(7-14)19-17-8-16(25)9-18(26)21(17)28-20(19)12-2-4-15(24)5-3-12/h2-5,8-10,13-14,28H,6-7H2,1H3,(H,27,29,30)/t13-,14-. The molecule has 0 radical (unpaired) electrons. The number of nitrogens with one attached hydrogen (secondary N) is 2. The second kappa shape index (κ2) is 7.30. The molecule has 0 unspecified atom stereocenters. The normalized spacial score (nSPS) is 18.2. The van der Waals surface area contributed by atoms with E-state index in [1.807, 2.05) is 0 Å². The third-order valence-electron chi connectivity index (χ3n) is 5.77. The van der Waals surface area contributed by atoms with Crippen molar-refractivity contribution in [2.75, 3.05) is 5.32 Å². The van der Waals surface area contributed by atoms with Gasteiger partial charge in [0.2, 0.25) is 5.91 Å². The minimum absolute atomic E-state index is 0.0861. The van der Waals surface area contributed by atoms with Crippen molar-refractivity contribution in [2.24, 2.45) is 5.92 Å². The van der Waals surface area contributed by atoms with Gasteiger partial charge in [-0.25, -0.2) is 18.2 Å².